The molecule has 2 fully saturated rings. The van der Waals surface area contributed by atoms with Crippen LogP contribution in [0.3, 0.4) is 0 Å². The standard InChI is InChI=1S/C15H31N3/c1-3-14-5-4-7-15(13-16,8-6-14)18-11-9-17(2)10-12-18/h14H,3-13,16H2,1-2H3. The Kier molecular flexibility index (Phi) is 5.05. The van der Waals surface area contributed by atoms with Crippen LogP contribution in [-0.2, 0) is 0 Å². The van der Waals surface area contributed by atoms with E-state index in [2.05, 4.69) is 23.8 Å². The summed E-state index contributed by atoms with van der Waals surface area (Å²) in [7, 11) is 2.23. The van der Waals surface area contributed by atoms with E-state index in [1.807, 2.05) is 0 Å². The molecule has 0 aromatic carbocycles. The van der Waals surface area contributed by atoms with Gasteiger partial charge in [0.1, 0.15) is 0 Å². The van der Waals surface area contributed by atoms with Gasteiger partial charge in [0.2, 0.25) is 0 Å². The molecule has 3 nitrogen and oxygen atoms in total. The van der Waals surface area contributed by atoms with Gasteiger partial charge in [-0.15, -0.1) is 0 Å². The zero-order valence-electron chi connectivity index (χ0n) is 12.3. The van der Waals surface area contributed by atoms with Crippen molar-refractivity contribution in [3.05, 3.63) is 0 Å². The van der Waals surface area contributed by atoms with Crippen molar-refractivity contribution in [1.29, 1.82) is 0 Å². The third kappa shape index (κ3) is 3.06. The Morgan fingerprint density at radius 3 is 2.44 bits per heavy atom. The van der Waals surface area contributed by atoms with Gasteiger partial charge in [0.05, 0.1) is 0 Å². The lowest BCUT2D eigenvalue weighted by molar-refractivity contribution is 0.0331. The summed E-state index contributed by atoms with van der Waals surface area (Å²) in [6, 6.07) is 0. The number of likely N-dealkylation sites (N-methyl/N-ethyl adjacent to an activating group) is 1. The maximum Gasteiger partial charge on any atom is 0.0332 e. The van der Waals surface area contributed by atoms with Crippen LogP contribution in [-0.4, -0.2) is 55.1 Å². The molecule has 0 radical (unpaired) electrons. The Morgan fingerprint density at radius 2 is 1.83 bits per heavy atom. The Hall–Kier alpha value is -0.120. The highest BCUT2D eigenvalue weighted by atomic mass is 15.3. The van der Waals surface area contributed by atoms with E-state index in [0.717, 1.165) is 12.5 Å². The van der Waals surface area contributed by atoms with Gasteiger partial charge in [-0.2, -0.15) is 0 Å². The van der Waals surface area contributed by atoms with Crippen LogP contribution in [0.15, 0.2) is 0 Å². The Bertz CT molecular complexity index is 248. The summed E-state index contributed by atoms with van der Waals surface area (Å²) in [5.41, 5.74) is 6.53. The molecule has 1 aliphatic heterocycles. The minimum Gasteiger partial charge on any atom is -0.329 e. The molecule has 2 rings (SSSR count). The maximum absolute atomic E-state index is 6.20. The second-order valence-corrected chi connectivity index (χ2v) is 6.42. The summed E-state index contributed by atoms with van der Waals surface area (Å²) in [4.78, 5) is 5.15. The van der Waals surface area contributed by atoms with Crippen molar-refractivity contribution < 1.29 is 0 Å². The molecule has 2 atom stereocenters. The first-order chi connectivity index (χ1) is 8.70. The van der Waals surface area contributed by atoms with Gasteiger partial charge in [0.25, 0.3) is 0 Å². The Balaban J connectivity index is 2.00. The highest BCUT2D eigenvalue weighted by Gasteiger charge is 2.38. The van der Waals surface area contributed by atoms with Crippen molar-refractivity contribution in [3.8, 4) is 0 Å². The second kappa shape index (κ2) is 6.36. The van der Waals surface area contributed by atoms with E-state index >= 15 is 0 Å². The zero-order chi connectivity index (χ0) is 13.0. The summed E-state index contributed by atoms with van der Waals surface area (Å²) in [5.74, 6) is 0.950. The van der Waals surface area contributed by atoms with Gasteiger partial charge in [0, 0.05) is 38.3 Å². The molecule has 106 valence electrons. The number of nitrogens with zero attached hydrogens (tertiary/aromatic N) is 2. The fourth-order valence-electron chi connectivity index (χ4n) is 3.80. The van der Waals surface area contributed by atoms with Crippen LogP contribution in [0.2, 0.25) is 0 Å². The molecule has 2 N–H and O–H groups in total. The van der Waals surface area contributed by atoms with Gasteiger partial charge in [-0.3, -0.25) is 4.90 Å². The first-order valence-electron chi connectivity index (χ1n) is 7.84. The summed E-state index contributed by atoms with van der Waals surface area (Å²) in [6.07, 6.45) is 8.19. The molecule has 0 aromatic heterocycles. The molecule has 2 unspecified atom stereocenters. The van der Waals surface area contributed by atoms with Gasteiger partial charge in [-0.25, -0.2) is 0 Å². The zero-order valence-corrected chi connectivity index (χ0v) is 12.3. The molecule has 0 spiro atoms. The molecule has 2 aliphatic rings. The molecule has 0 amide bonds. The topological polar surface area (TPSA) is 32.5 Å². The van der Waals surface area contributed by atoms with Crippen molar-refractivity contribution >= 4 is 0 Å². The SMILES string of the molecule is CCC1CCCC(CN)(N2CCN(C)CC2)CC1. The third-order valence-electron chi connectivity index (χ3n) is 5.40. The Labute approximate surface area is 113 Å². The Morgan fingerprint density at radius 1 is 1.11 bits per heavy atom. The third-order valence-corrected chi connectivity index (χ3v) is 5.40. The van der Waals surface area contributed by atoms with E-state index in [0.29, 0.717) is 5.54 Å². The largest absolute Gasteiger partial charge is 0.329 e. The first-order valence-corrected chi connectivity index (χ1v) is 7.84. The smallest absolute Gasteiger partial charge is 0.0332 e. The predicted molar refractivity (Wildman–Crippen MR) is 77.7 cm³/mol. The molecule has 3 heteroatoms. The minimum absolute atomic E-state index is 0.325. The van der Waals surface area contributed by atoms with Crippen LogP contribution in [0.25, 0.3) is 0 Å². The van der Waals surface area contributed by atoms with Crippen LogP contribution in [0, 0.1) is 5.92 Å². The summed E-state index contributed by atoms with van der Waals surface area (Å²) in [6.45, 7) is 8.04. The number of hydrogen-bond donors (Lipinski definition) is 1. The lowest BCUT2D eigenvalue weighted by Crippen LogP contribution is -2.59. The molecular formula is C15H31N3. The predicted octanol–water partition coefficient (Wildman–Crippen LogP) is 1.92. The lowest BCUT2D eigenvalue weighted by atomic mass is 9.86. The molecule has 1 heterocycles. The van der Waals surface area contributed by atoms with Gasteiger partial charge < -0.3 is 10.6 Å². The molecule has 0 aromatic rings. The highest BCUT2D eigenvalue weighted by Crippen LogP contribution is 2.35. The van der Waals surface area contributed by atoms with Crippen molar-refractivity contribution in [1.82, 2.24) is 9.80 Å². The van der Waals surface area contributed by atoms with Crippen LogP contribution >= 0.6 is 0 Å². The van der Waals surface area contributed by atoms with E-state index in [9.17, 15) is 0 Å². The molecule has 1 aliphatic carbocycles. The summed E-state index contributed by atoms with van der Waals surface area (Å²) >= 11 is 0. The summed E-state index contributed by atoms with van der Waals surface area (Å²) < 4.78 is 0. The van der Waals surface area contributed by atoms with E-state index < -0.39 is 0 Å². The van der Waals surface area contributed by atoms with E-state index in [1.54, 1.807) is 0 Å². The van der Waals surface area contributed by atoms with Crippen molar-refractivity contribution in [2.75, 3.05) is 39.8 Å². The van der Waals surface area contributed by atoms with E-state index in [1.165, 1.54) is 64.7 Å². The van der Waals surface area contributed by atoms with E-state index in [4.69, 9.17) is 5.73 Å². The number of nitrogens with two attached hydrogens (primary N) is 1. The minimum atomic E-state index is 0.325. The fourth-order valence-corrected chi connectivity index (χ4v) is 3.80. The van der Waals surface area contributed by atoms with Gasteiger partial charge in [-0.05, 0) is 32.2 Å². The lowest BCUT2D eigenvalue weighted by Gasteiger charge is -2.47. The van der Waals surface area contributed by atoms with Crippen molar-refractivity contribution in [2.45, 2.75) is 51.0 Å². The number of hydrogen-bond acceptors (Lipinski definition) is 3. The molecule has 18 heavy (non-hydrogen) atoms. The highest BCUT2D eigenvalue weighted by molar-refractivity contribution is 4.95. The van der Waals surface area contributed by atoms with Gasteiger partial charge >= 0.3 is 0 Å². The van der Waals surface area contributed by atoms with Crippen molar-refractivity contribution in [2.24, 2.45) is 11.7 Å². The van der Waals surface area contributed by atoms with E-state index in [-0.39, 0.29) is 0 Å². The van der Waals surface area contributed by atoms with Crippen LogP contribution in [0.4, 0.5) is 0 Å². The van der Waals surface area contributed by atoms with Crippen LogP contribution in [0.5, 0.6) is 0 Å². The quantitative estimate of drug-likeness (QED) is 0.780. The monoisotopic (exact) mass is 253 g/mol. The first kappa shape index (κ1) is 14.3. The van der Waals surface area contributed by atoms with Crippen molar-refractivity contribution in [3.63, 3.8) is 0 Å². The molecule has 1 saturated carbocycles. The van der Waals surface area contributed by atoms with Crippen LogP contribution in [0.1, 0.15) is 45.4 Å². The summed E-state index contributed by atoms with van der Waals surface area (Å²) in [5, 5.41) is 0. The number of piperazine rings is 1. The van der Waals surface area contributed by atoms with Gasteiger partial charge in [0.15, 0.2) is 0 Å². The second-order valence-electron chi connectivity index (χ2n) is 6.42. The molecule has 0 bridgehead atoms. The molecular weight excluding hydrogens is 222 g/mol. The maximum atomic E-state index is 6.20. The normalized spacial score (nSPS) is 36.5. The average Bonchev–Trinajstić information content (AvgIpc) is 2.62. The fraction of sp³-hybridized carbons (Fsp3) is 1.00. The van der Waals surface area contributed by atoms with Crippen LogP contribution < -0.4 is 5.73 Å². The molecule has 1 saturated heterocycles. The average molecular weight is 253 g/mol. The number of rotatable bonds is 3. The van der Waals surface area contributed by atoms with Gasteiger partial charge in [-0.1, -0.05) is 26.2 Å².